The summed E-state index contributed by atoms with van der Waals surface area (Å²) in [4.78, 5) is 38.7. The number of imide groups is 1. The molecular formula is C18H19BrN2O4. The fourth-order valence-corrected chi connectivity index (χ4v) is 4.34. The predicted octanol–water partition coefficient (Wildman–Crippen LogP) is 1.95. The van der Waals surface area contributed by atoms with Gasteiger partial charge in [-0.3, -0.25) is 19.3 Å². The summed E-state index contributed by atoms with van der Waals surface area (Å²) in [6.07, 6.45) is 1.89. The minimum Gasteiger partial charge on any atom is -0.497 e. The van der Waals surface area contributed by atoms with Crippen molar-refractivity contribution in [2.45, 2.75) is 13.0 Å². The number of benzene rings is 1. The molecule has 1 saturated heterocycles. The minimum atomic E-state index is -0.589. The lowest BCUT2D eigenvalue weighted by atomic mass is 9.75. The maximum absolute atomic E-state index is 12.6. The van der Waals surface area contributed by atoms with Gasteiger partial charge in [-0.15, -0.1) is 0 Å². The third-order valence-electron chi connectivity index (χ3n) is 4.90. The third-order valence-corrected chi connectivity index (χ3v) is 5.66. The van der Waals surface area contributed by atoms with Crippen LogP contribution in [0.25, 0.3) is 0 Å². The van der Waals surface area contributed by atoms with Crippen molar-refractivity contribution in [3.63, 3.8) is 0 Å². The van der Waals surface area contributed by atoms with E-state index < -0.39 is 17.9 Å². The predicted molar refractivity (Wildman–Crippen MR) is 95.2 cm³/mol. The lowest BCUT2D eigenvalue weighted by Crippen LogP contribution is -2.48. The first-order valence-corrected chi connectivity index (χ1v) is 8.78. The first kappa shape index (κ1) is 17.7. The van der Waals surface area contributed by atoms with Crippen molar-refractivity contribution in [1.82, 2.24) is 10.2 Å². The van der Waals surface area contributed by atoms with Crippen LogP contribution >= 0.6 is 15.9 Å². The number of nitrogens with one attached hydrogen (secondary N) is 1. The molecule has 1 aromatic carbocycles. The summed E-state index contributed by atoms with van der Waals surface area (Å²) >= 11 is 3.47. The van der Waals surface area contributed by atoms with Crippen LogP contribution in [0, 0.1) is 17.8 Å². The van der Waals surface area contributed by atoms with Crippen LogP contribution in [0.2, 0.25) is 0 Å². The Kier molecular flexibility index (Phi) is 4.69. The van der Waals surface area contributed by atoms with Crippen LogP contribution in [-0.2, 0) is 9.59 Å². The fourth-order valence-electron chi connectivity index (χ4n) is 3.52. The van der Waals surface area contributed by atoms with Gasteiger partial charge in [-0.1, -0.05) is 28.9 Å². The molecule has 7 heteroatoms. The minimum absolute atomic E-state index is 0.0742. The van der Waals surface area contributed by atoms with Crippen molar-refractivity contribution in [2.24, 2.45) is 17.8 Å². The van der Waals surface area contributed by atoms with Gasteiger partial charge in [0, 0.05) is 17.1 Å². The van der Waals surface area contributed by atoms with Gasteiger partial charge >= 0.3 is 0 Å². The number of hydrogen-bond donors (Lipinski definition) is 1. The van der Waals surface area contributed by atoms with Crippen molar-refractivity contribution in [2.75, 3.05) is 14.2 Å². The molecule has 1 heterocycles. The zero-order valence-electron chi connectivity index (χ0n) is 14.2. The standard InChI is InChI=1S/C18H19BrN2O4/c1-9-8-12(19)15(14-13(9)17(23)21(2)18(14)24)20-16(22)10-4-6-11(25-3)7-5-10/h4-9,13-15H,1-3H3,(H,20,22)/t9-,13-,14-,15+/m0/s1. The Balaban J connectivity index is 1.87. The molecule has 6 nitrogen and oxygen atoms in total. The Labute approximate surface area is 154 Å². The summed E-state index contributed by atoms with van der Waals surface area (Å²) in [7, 11) is 3.05. The van der Waals surface area contributed by atoms with Gasteiger partial charge in [0.2, 0.25) is 11.8 Å². The van der Waals surface area contributed by atoms with Crippen molar-refractivity contribution in [1.29, 1.82) is 0 Å². The number of amides is 3. The van der Waals surface area contributed by atoms with E-state index in [-0.39, 0.29) is 23.6 Å². The molecule has 0 radical (unpaired) electrons. The summed E-state index contributed by atoms with van der Waals surface area (Å²) in [5, 5.41) is 2.89. The molecule has 0 saturated carbocycles. The average Bonchev–Trinajstić information content (AvgIpc) is 2.83. The van der Waals surface area contributed by atoms with Gasteiger partial charge in [-0.25, -0.2) is 0 Å². The highest BCUT2D eigenvalue weighted by Gasteiger charge is 2.54. The van der Waals surface area contributed by atoms with Crippen LogP contribution in [0.15, 0.2) is 34.8 Å². The number of fused-ring (bicyclic) bond motifs is 1. The topological polar surface area (TPSA) is 75.7 Å². The van der Waals surface area contributed by atoms with Crippen LogP contribution in [0.5, 0.6) is 5.75 Å². The van der Waals surface area contributed by atoms with Gasteiger partial charge in [0.1, 0.15) is 5.75 Å². The molecule has 3 amide bonds. The van der Waals surface area contributed by atoms with E-state index in [9.17, 15) is 14.4 Å². The molecule has 0 aromatic heterocycles. The van der Waals surface area contributed by atoms with Gasteiger partial charge in [0.15, 0.2) is 0 Å². The first-order chi connectivity index (χ1) is 11.8. The molecule has 0 bridgehead atoms. The number of ether oxygens (including phenoxy) is 1. The SMILES string of the molecule is COc1ccc(C(=O)N[C@@H]2C(Br)=C[C@H](C)[C@@H]3C(=O)N(C)C(=O)[C@@H]32)cc1. The van der Waals surface area contributed by atoms with Crippen molar-refractivity contribution < 1.29 is 19.1 Å². The molecule has 0 unspecified atom stereocenters. The summed E-state index contributed by atoms with van der Waals surface area (Å²) in [5.74, 6) is -1.21. The second-order valence-corrected chi connectivity index (χ2v) is 7.29. The molecule has 0 spiro atoms. The number of allylic oxidation sites excluding steroid dienone is 1. The van der Waals surface area contributed by atoms with Crippen molar-refractivity contribution in [3.05, 3.63) is 40.4 Å². The number of carbonyl (C=O) groups excluding carboxylic acids is 3. The zero-order valence-corrected chi connectivity index (χ0v) is 15.7. The smallest absolute Gasteiger partial charge is 0.251 e. The van der Waals surface area contributed by atoms with Gasteiger partial charge in [-0.2, -0.15) is 0 Å². The molecule has 3 rings (SSSR count). The molecule has 1 N–H and O–H groups in total. The van der Waals surface area contributed by atoms with Crippen LogP contribution < -0.4 is 10.1 Å². The average molecular weight is 407 g/mol. The van der Waals surface area contributed by atoms with E-state index in [0.717, 1.165) is 9.38 Å². The fraction of sp³-hybridized carbons (Fsp3) is 0.389. The van der Waals surface area contributed by atoms with E-state index >= 15 is 0 Å². The highest BCUT2D eigenvalue weighted by Crippen LogP contribution is 2.42. The highest BCUT2D eigenvalue weighted by molar-refractivity contribution is 9.11. The summed E-state index contributed by atoms with van der Waals surface area (Å²) < 4.78 is 5.81. The summed E-state index contributed by atoms with van der Waals surface area (Å²) in [6.45, 7) is 1.91. The number of halogens is 1. The second kappa shape index (κ2) is 6.63. The molecule has 2 aliphatic rings. The summed E-state index contributed by atoms with van der Waals surface area (Å²) in [6, 6.07) is 6.15. The van der Waals surface area contributed by atoms with Gasteiger partial charge in [-0.05, 0) is 30.2 Å². The molecular weight excluding hydrogens is 388 g/mol. The van der Waals surface area contributed by atoms with Gasteiger partial charge in [0.05, 0.1) is 25.0 Å². The number of likely N-dealkylation sites (tertiary alicyclic amines) is 1. The Hall–Kier alpha value is -2.15. The molecule has 1 aliphatic carbocycles. The quantitative estimate of drug-likeness (QED) is 0.778. The van der Waals surface area contributed by atoms with E-state index in [1.807, 2.05) is 13.0 Å². The van der Waals surface area contributed by atoms with Crippen LogP contribution in [0.4, 0.5) is 0 Å². The maximum atomic E-state index is 12.6. The van der Waals surface area contributed by atoms with Crippen LogP contribution in [0.1, 0.15) is 17.3 Å². The molecule has 25 heavy (non-hydrogen) atoms. The van der Waals surface area contributed by atoms with Gasteiger partial charge < -0.3 is 10.1 Å². The Morgan fingerprint density at radius 3 is 2.36 bits per heavy atom. The van der Waals surface area contributed by atoms with Crippen molar-refractivity contribution in [3.8, 4) is 5.75 Å². The number of rotatable bonds is 3. The third kappa shape index (κ3) is 2.97. The zero-order chi connectivity index (χ0) is 18.3. The number of hydrogen-bond acceptors (Lipinski definition) is 4. The lowest BCUT2D eigenvalue weighted by molar-refractivity contribution is -0.138. The number of methoxy groups -OCH3 is 1. The van der Waals surface area contributed by atoms with Crippen LogP contribution in [-0.4, -0.2) is 42.8 Å². The lowest BCUT2D eigenvalue weighted by Gasteiger charge is -2.33. The van der Waals surface area contributed by atoms with E-state index in [4.69, 9.17) is 4.74 Å². The van der Waals surface area contributed by atoms with E-state index in [0.29, 0.717) is 11.3 Å². The van der Waals surface area contributed by atoms with Crippen LogP contribution in [0.3, 0.4) is 0 Å². The Morgan fingerprint density at radius 1 is 1.16 bits per heavy atom. The monoisotopic (exact) mass is 406 g/mol. The largest absolute Gasteiger partial charge is 0.497 e. The van der Waals surface area contributed by atoms with E-state index in [2.05, 4.69) is 21.2 Å². The highest BCUT2D eigenvalue weighted by atomic mass is 79.9. The molecule has 132 valence electrons. The number of nitrogens with zero attached hydrogens (tertiary/aromatic N) is 1. The Bertz CT molecular complexity index is 759. The van der Waals surface area contributed by atoms with Gasteiger partial charge in [0.25, 0.3) is 5.91 Å². The molecule has 1 aromatic rings. The Morgan fingerprint density at radius 2 is 1.76 bits per heavy atom. The van der Waals surface area contributed by atoms with Crippen molar-refractivity contribution >= 4 is 33.7 Å². The second-order valence-electron chi connectivity index (χ2n) is 6.38. The molecule has 1 aliphatic heterocycles. The first-order valence-electron chi connectivity index (χ1n) is 7.98. The van der Waals surface area contributed by atoms with E-state index in [1.165, 1.54) is 7.05 Å². The molecule has 1 fully saturated rings. The number of carbonyl (C=O) groups is 3. The normalized spacial score (nSPS) is 28.5. The molecule has 4 atom stereocenters. The maximum Gasteiger partial charge on any atom is 0.251 e. The van der Waals surface area contributed by atoms with E-state index in [1.54, 1.807) is 31.4 Å². The summed E-state index contributed by atoms with van der Waals surface area (Å²) in [5.41, 5.74) is 0.460.